The third-order valence-electron chi connectivity index (χ3n) is 5.11. The molecule has 0 atom stereocenters. The first-order valence-electron chi connectivity index (χ1n) is 9.36. The topological polar surface area (TPSA) is 50.3 Å². The van der Waals surface area contributed by atoms with Crippen LogP contribution in [0.5, 0.6) is 0 Å². The minimum absolute atomic E-state index is 0.241. The van der Waals surface area contributed by atoms with E-state index in [0.29, 0.717) is 31.0 Å². The quantitative estimate of drug-likeness (QED) is 0.448. The smallest absolute Gasteiger partial charge is 0.185 e. The second kappa shape index (κ2) is 8.76. The molecule has 0 spiro atoms. The fraction of sp³-hybridized carbons (Fsp3) is 0.286. The number of piperidine rings is 1. The lowest BCUT2D eigenvalue weighted by atomic mass is 10.1. The number of hydrogen-bond acceptors (Lipinski definition) is 5. The van der Waals surface area contributed by atoms with Gasteiger partial charge in [-0.05, 0) is 42.7 Å². The first-order valence-corrected chi connectivity index (χ1v) is 13.0. The van der Waals surface area contributed by atoms with E-state index in [2.05, 4.69) is 38.3 Å². The molecular weight excluding hydrogens is 492 g/mol. The maximum Gasteiger partial charge on any atom is 0.185 e. The van der Waals surface area contributed by atoms with Crippen LogP contribution < -0.4 is 4.90 Å². The molecule has 0 amide bonds. The molecule has 0 saturated carbocycles. The SMILES string of the molecule is O=S(=O)(c1ccccc1Cl)C1CCN(c2nc(Cc3cccc(Br)c3)cs2)CC1. The summed E-state index contributed by atoms with van der Waals surface area (Å²) < 4.78 is 27.0. The largest absolute Gasteiger partial charge is 0.348 e. The van der Waals surface area contributed by atoms with Crippen molar-refractivity contribution in [3.8, 4) is 0 Å². The highest BCUT2D eigenvalue weighted by molar-refractivity contribution is 9.10. The maximum absolute atomic E-state index is 13.0. The highest BCUT2D eigenvalue weighted by atomic mass is 79.9. The van der Waals surface area contributed by atoms with Crippen molar-refractivity contribution < 1.29 is 8.42 Å². The van der Waals surface area contributed by atoms with Crippen molar-refractivity contribution in [2.24, 2.45) is 0 Å². The molecule has 2 aromatic carbocycles. The minimum atomic E-state index is -3.42. The Kier molecular flexibility index (Phi) is 6.30. The first-order chi connectivity index (χ1) is 13.9. The van der Waals surface area contributed by atoms with Gasteiger partial charge in [-0.1, -0.05) is 51.8 Å². The molecule has 1 aliphatic heterocycles. The molecule has 8 heteroatoms. The van der Waals surface area contributed by atoms with Gasteiger partial charge in [-0.15, -0.1) is 11.3 Å². The average Bonchev–Trinajstić information content (AvgIpc) is 3.17. The number of rotatable bonds is 5. The Bertz CT molecular complexity index is 1110. The number of nitrogens with zero attached hydrogens (tertiary/aromatic N) is 2. The second-order valence-electron chi connectivity index (χ2n) is 7.09. The van der Waals surface area contributed by atoms with E-state index in [1.807, 2.05) is 12.1 Å². The van der Waals surface area contributed by atoms with Crippen molar-refractivity contribution in [1.29, 1.82) is 0 Å². The third kappa shape index (κ3) is 4.68. The van der Waals surface area contributed by atoms with E-state index < -0.39 is 15.1 Å². The van der Waals surface area contributed by atoms with Gasteiger partial charge in [0.15, 0.2) is 15.0 Å². The van der Waals surface area contributed by atoms with E-state index in [-0.39, 0.29) is 4.90 Å². The summed E-state index contributed by atoms with van der Waals surface area (Å²) in [5.41, 5.74) is 2.25. The Balaban J connectivity index is 1.41. The van der Waals surface area contributed by atoms with Gasteiger partial charge in [-0.3, -0.25) is 0 Å². The molecule has 2 heterocycles. The van der Waals surface area contributed by atoms with Gasteiger partial charge in [-0.25, -0.2) is 13.4 Å². The summed E-state index contributed by atoms with van der Waals surface area (Å²) in [6.07, 6.45) is 1.94. The first kappa shape index (κ1) is 20.8. The molecular formula is C21H20BrClN2O2S2. The highest BCUT2D eigenvalue weighted by Gasteiger charge is 2.33. The monoisotopic (exact) mass is 510 g/mol. The van der Waals surface area contributed by atoms with Gasteiger partial charge >= 0.3 is 0 Å². The van der Waals surface area contributed by atoms with Crippen LogP contribution in [0.25, 0.3) is 0 Å². The van der Waals surface area contributed by atoms with Gasteiger partial charge in [0, 0.05) is 29.4 Å². The molecule has 29 heavy (non-hydrogen) atoms. The van der Waals surface area contributed by atoms with Crippen LogP contribution in [0.15, 0.2) is 63.3 Å². The number of hydrogen-bond donors (Lipinski definition) is 0. The fourth-order valence-corrected chi connectivity index (χ4v) is 7.17. The Morgan fingerprint density at radius 2 is 1.90 bits per heavy atom. The van der Waals surface area contributed by atoms with Crippen molar-refractivity contribution in [3.63, 3.8) is 0 Å². The van der Waals surface area contributed by atoms with E-state index >= 15 is 0 Å². The minimum Gasteiger partial charge on any atom is -0.348 e. The van der Waals surface area contributed by atoms with E-state index in [1.54, 1.807) is 35.6 Å². The van der Waals surface area contributed by atoms with Crippen LogP contribution in [0, 0.1) is 0 Å². The number of aromatic nitrogens is 1. The van der Waals surface area contributed by atoms with Crippen LogP contribution in [0.1, 0.15) is 24.1 Å². The average molecular weight is 512 g/mol. The molecule has 0 unspecified atom stereocenters. The summed E-state index contributed by atoms with van der Waals surface area (Å²) in [7, 11) is -3.42. The summed E-state index contributed by atoms with van der Waals surface area (Å²) in [5, 5.41) is 2.94. The number of thiazole rings is 1. The van der Waals surface area contributed by atoms with Crippen molar-refractivity contribution >= 4 is 53.8 Å². The van der Waals surface area contributed by atoms with Crippen LogP contribution >= 0.6 is 38.9 Å². The lowest BCUT2D eigenvalue weighted by Gasteiger charge is -2.31. The molecule has 4 nitrogen and oxygen atoms in total. The van der Waals surface area contributed by atoms with Gasteiger partial charge < -0.3 is 4.90 Å². The third-order valence-corrected chi connectivity index (χ3v) is 9.31. The summed E-state index contributed by atoms with van der Waals surface area (Å²) in [6, 6.07) is 14.9. The normalized spacial score (nSPS) is 15.6. The molecule has 0 radical (unpaired) electrons. The van der Waals surface area contributed by atoms with Gasteiger partial charge in [-0.2, -0.15) is 0 Å². The summed E-state index contributed by atoms with van der Waals surface area (Å²) in [4.78, 5) is 7.21. The Labute approximate surface area is 188 Å². The molecule has 0 N–H and O–H groups in total. The molecule has 3 aromatic rings. The molecule has 1 fully saturated rings. The van der Waals surface area contributed by atoms with E-state index in [9.17, 15) is 8.42 Å². The molecule has 1 aromatic heterocycles. The molecule has 152 valence electrons. The van der Waals surface area contributed by atoms with Crippen molar-refractivity contribution in [3.05, 3.63) is 74.7 Å². The number of benzene rings is 2. The van der Waals surface area contributed by atoms with Crippen LogP contribution in [0.2, 0.25) is 5.02 Å². The maximum atomic E-state index is 13.0. The van der Waals surface area contributed by atoms with Crippen molar-refractivity contribution in [2.45, 2.75) is 29.4 Å². The lowest BCUT2D eigenvalue weighted by Crippen LogP contribution is -2.39. The van der Waals surface area contributed by atoms with E-state index in [4.69, 9.17) is 16.6 Å². The van der Waals surface area contributed by atoms with Crippen LogP contribution in [0.3, 0.4) is 0 Å². The molecule has 1 saturated heterocycles. The van der Waals surface area contributed by atoms with E-state index in [0.717, 1.165) is 21.7 Å². The lowest BCUT2D eigenvalue weighted by molar-refractivity contribution is 0.529. The summed E-state index contributed by atoms with van der Waals surface area (Å²) in [5.74, 6) is 0. The van der Waals surface area contributed by atoms with Crippen molar-refractivity contribution in [1.82, 2.24) is 4.98 Å². The standard InChI is InChI=1S/C21H20BrClN2O2S2/c22-16-5-3-4-15(12-16)13-17-14-28-21(24-17)25-10-8-18(9-11-25)29(26,27)20-7-2-1-6-19(20)23/h1-7,12,14,18H,8-11,13H2. The summed E-state index contributed by atoms with van der Waals surface area (Å²) >= 11 is 11.3. The molecule has 1 aliphatic rings. The fourth-order valence-electron chi connectivity index (χ4n) is 3.59. The number of halogens is 2. The zero-order valence-corrected chi connectivity index (χ0v) is 19.6. The Morgan fingerprint density at radius 1 is 1.14 bits per heavy atom. The summed E-state index contributed by atoms with van der Waals surface area (Å²) in [6.45, 7) is 1.36. The second-order valence-corrected chi connectivity index (χ2v) is 11.4. The molecule has 0 aliphatic carbocycles. The zero-order chi connectivity index (χ0) is 20.4. The highest BCUT2D eigenvalue weighted by Crippen LogP contribution is 2.32. The Morgan fingerprint density at radius 3 is 2.62 bits per heavy atom. The zero-order valence-electron chi connectivity index (χ0n) is 15.6. The number of sulfone groups is 1. The van der Waals surface area contributed by atoms with Gasteiger partial charge in [0.05, 0.1) is 20.9 Å². The van der Waals surface area contributed by atoms with Crippen LogP contribution in [0.4, 0.5) is 5.13 Å². The predicted octanol–water partition coefficient (Wildman–Crippen LogP) is 5.59. The molecule has 4 rings (SSSR count). The van der Waals surface area contributed by atoms with Crippen LogP contribution in [-0.2, 0) is 16.3 Å². The predicted molar refractivity (Wildman–Crippen MR) is 123 cm³/mol. The molecule has 0 bridgehead atoms. The van der Waals surface area contributed by atoms with E-state index in [1.165, 1.54) is 5.56 Å². The van der Waals surface area contributed by atoms with Gasteiger partial charge in [0.25, 0.3) is 0 Å². The van der Waals surface area contributed by atoms with Gasteiger partial charge in [0.1, 0.15) is 0 Å². The van der Waals surface area contributed by atoms with Crippen molar-refractivity contribution in [2.75, 3.05) is 18.0 Å². The van der Waals surface area contributed by atoms with Gasteiger partial charge in [0.2, 0.25) is 0 Å². The van der Waals surface area contributed by atoms with Crippen LogP contribution in [-0.4, -0.2) is 31.7 Å². The Hall–Kier alpha value is -1.41. The number of anilines is 1.